The largest absolute Gasteiger partial charge is 0.440 e. The molecule has 4 aromatic rings. The van der Waals surface area contributed by atoms with E-state index in [1.165, 1.54) is 0 Å². The Kier molecular flexibility index (Phi) is 4.07. The number of pyridine rings is 1. The van der Waals surface area contributed by atoms with Crippen LogP contribution in [0.25, 0.3) is 16.4 Å². The van der Waals surface area contributed by atoms with Gasteiger partial charge in [-0.15, -0.1) is 11.3 Å². The highest BCUT2D eigenvalue weighted by Crippen LogP contribution is 2.26. The van der Waals surface area contributed by atoms with Crippen LogP contribution in [0, 0.1) is 6.92 Å². The lowest BCUT2D eigenvalue weighted by atomic mass is 10.2. The molecule has 25 heavy (non-hydrogen) atoms. The third-order valence-electron chi connectivity index (χ3n) is 3.83. The molecule has 7 heteroatoms. The number of oxazole rings is 1. The molecule has 0 bridgehead atoms. The number of rotatable bonds is 5. The minimum atomic E-state index is -0.105. The van der Waals surface area contributed by atoms with Crippen LogP contribution in [-0.2, 0) is 17.8 Å². The molecule has 6 nitrogen and oxygen atoms in total. The number of carbonyl (C=O) groups excluding carboxylic acids is 1. The molecule has 0 aliphatic carbocycles. The Bertz CT molecular complexity index is 984. The number of hydrogen-bond donors (Lipinski definition) is 1. The summed E-state index contributed by atoms with van der Waals surface area (Å²) in [5.74, 6) is 1.13. The van der Waals surface area contributed by atoms with Gasteiger partial charge in [-0.2, -0.15) is 0 Å². The van der Waals surface area contributed by atoms with Gasteiger partial charge in [-0.3, -0.25) is 4.79 Å². The van der Waals surface area contributed by atoms with Gasteiger partial charge in [-0.1, -0.05) is 12.1 Å². The summed E-state index contributed by atoms with van der Waals surface area (Å²) in [4.78, 5) is 22.1. The van der Waals surface area contributed by atoms with Gasteiger partial charge >= 0.3 is 0 Å². The number of thiophene rings is 1. The number of carbonyl (C=O) groups is 1. The first kappa shape index (κ1) is 15.6. The quantitative estimate of drug-likeness (QED) is 0.599. The van der Waals surface area contributed by atoms with E-state index in [1.807, 2.05) is 59.4 Å². The minimum absolute atomic E-state index is 0.105. The van der Waals surface area contributed by atoms with Crippen molar-refractivity contribution in [3.8, 4) is 10.8 Å². The number of nitrogens with zero attached hydrogens (tertiary/aromatic N) is 3. The van der Waals surface area contributed by atoms with Crippen LogP contribution in [0.2, 0.25) is 0 Å². The van der Waals surface area contributed by atoms with Gasteiger partial charge in [-0.05, 0) is 30.5 Å². The highest BCUT2D eigenvalue weighted by atomic mass is 32.1. The second kappa shape index (κ2) is 6.52. The summed E-state index contributed by atoms with van der Waals surface area (Å²) in [7, 11) is 0. The van der Waals surface area contributed by atoms with E-state index < -0.39 is 0 Å². The fourth-order valence-corrected chi connectivity index (χ4v) is 3.22. The van der Waals surface area contributed by atoms with Crippen molar-refractivity contribution in [2.45, 2.75) is 19.9 Å². The van der Waals surface area contributed by atoms with Gasteiger partial charge in [0.1, 0.15) is 11.4 Å². The van der Waals surface area contributed by atoms with Gasteiger partial charge in [0, 0.05) is 12.4 Å². The van der Waals surface area contributed by atoms with E-state index in [4.69, 9.17) is 4.42 Å². The van der Waals surface area contributed by atoms with Gasteiger partial charge in [-0.25, -0.2) is 9.97 Å². The van der Waals surface area contributed by atoms with E-state index >= 15 is 0 Å². The molecule has 0 aliphatic heterocycles. The molecule has 0 aromatic carbocycles. The van der Waals surface area contributed by atoms with Gasteiger partial charge in [0.25, 0.3) is 0 Å². The maximum atomic E-state index is 12.2. The first-order chi connectivity index (χ1) is 12.2. The third-order valence-corrected chi connectivity index (χ3v) is 4.69. The lowest BCUT2D eigenvalue weighted by Gasteiger charge is -2.01. The number of amides is 1. The Hall–Kier alpha value is -2.93. The third kappa shape index (κ3) is 3.32. The molecule has 126 valence electrons. The summed E-state index contributed by atoms with van der Waals surface area (Å²) in [6.07, 6.45) is 4.03. The lowest BCUT2D eigenvalue weighted by molar-refractivity contribution is -0.120. The summed E-state index contributed by atoms with van der Waals surface area (Å²) in [5, 5.41) is 4.85. The van der Waals surface area contributed by atoms with Crippen molar-refractivity contribution in [1.29, 1.82) is 0 Å². The maximum Gasteiger partial charge on any atom is 0.236 e. The molecule has 0 unspecified atom stereocenters. The zero-order valence-corrected chi connectivity index (χ0v) is 14.4. The smallest absolute Gasteiger partial charge is 0.236 e. The van der Waals surface area contributed by atoms with Crippen LogP contribution in [-0.4, -0.2) is 20.3 Å². The van der Waals surface area contributed by atoms with E-state index in [0.29, 0.717) is 23.9 Å². The van der Waals surface area contributed by atoms with Gasteiger partial charge in [0.15, 0.2) is 0 Å². The Balaban J connectivity index is 1.40. The number of nitrogens with one attached hydrogen (secondary N) is 1. The van der Waals surface area contributed by atoms with Crippen molar-refractivity contribution in [2.75, 3.05) is 0 Å². The van der Waals surface area contributed by atoms with Crippen molar-refractivity contribution < 1.29 is 9.21 Å². The van der Waals surface area contributed by atoms with Gasteiger partial charge in [0.05, 0.1) is 29.2 Å². The molecule has 0 saturated carbocycles. The zero-order chi connectivity index (χ0) is 17.2. The Morgan fingerprint density at radius 2 is 2.20 bits per heavy atom. The molecular formula is C18H16N4O2S. The summed E-state index contributed by atoms with van der Waals surface area (Å²) in [6, 6.07) is 9.69. The predicted octanol–water partition coefficient (Wildman–Crippen LogP) is 3.22. The lowest BCUT2D eigenvalue weighted by Crippen LogP contribution is -2.25. The van der Waals surface area contributed by atoms with E-state index in [9.17, 15) is 4.79 Å². The van der Waals surface area contributed by atoms with Crippen LogP contribution in [0.1, 0.15) is 17.1 Å². The van der Waals surface area contributed by atoms with Crippen LogP contribution in [0.5, 0.6) is 0 Å². The average molecular weight is 352 g/mol. The number of aryl methyl sites for hydroxylation is 1. The molecule has 4 heterocycles. The molecule has 0 saturated heterocycles. The van der Waals surface area contributed by atoms with Gasteiger partial charge in [0.2, 0.25) is 11.8 Å². The molecular weight excluding hydrogens is 336 g/mol. The highest BCUT2D eigenvalue weighted by Gasteiger charge is 2.15. The van der Waals surface area contributed by atoms with Crippen LogP contribution in [0.4, 0.5) is 0 Å². The highest BCUT2D eigenvalue weighted by molar-refractivity contribution is 7.13. The molecule has 1 amide bonds. The molecule has 0 spiro atoms. The summed E-state index contributed by atoms with van der Waals surface area (Å²) in [5.41, 5.74) is 2.34. The fraction of sp³-hybridized carbons (Fsp3) is 0.167. The number of fused-ring (bicyclic) bond motifs is 1. The van der Waals surface area contributed by atoms with Crippen LogP contribution in [0.3, 0.4) is 0 Å². The Morgan fingerprint density at radius 1 is 1.28 bits per heavy atom. The Morgan fingerprint density at radius 3 is 3.00 bits per heavy atom. The van der Waals surface area contributed by atoms with Crippen LogP contribution >= 0.6 is 11.3 Å². The van der Waals surface area contributed by atoms with Crippen molar-refractivity contribution >= 4 is 22.9 Å². The van der Waals surface area contributed by atoms with Crippen molar-refractivity contribution in [3.63, 3.8) is 0 Å². The molecule has 4 aromatic heterocycles. The topological polar surface area (TPSA) is 72.4 Å². The van der Waals surface area contributed by atoms with E-state index in [1.54, 1.807) is 11.3 Å². The molecule has 0 aliphatic rings. The average Bonchev–Trinajstić information content (AvgIpc) is 3.32. The number of hydrogen-bond acceptors (Lipinski definition) is 5. The standard InChI is InChI=1S/C18H16N4O2S/c1-12-14(21-18(24-12)15-5-4-8-25-15)9-17(23)19-10-13-11-22-7-3-2-6-16(22)20-13/h2-8,11H,9-10H2,1H3,(H,19,23). The SMILES string of the molecule is Cc1oc(-c2cccs2)nc1CC(=O)NCc1cn2ccccc2n1. The summed E-state index contributed by atoms with van der Waals surface area (Å²) < 4.78 is 7.59. The number of aromatic nitrogens is 3. The maximum absolute atomic E-state index is 12.2. The van der Waals surface area contributed by atoms with E-state index in [-0.39, 0.29) is 12.3 Å². The summed E-state index contributed by atoms with van der Waals surface area (Å²) in [6.45, 7) is 2.21. The second-order valence-corrected chi connectivity index (χ2v) is 6.60. The van der Waals surface area contributed by atoms with Crippen molar-refractivity contribution in [2.24, 2.45) is 0 Å². The van der Waals surface area contributed by atoms with Crippen molar-refractivity contribution in [3.05, 3.63) is 65.3 Å². The monoisotopic (exact) mass is 352 g/mol. The predicted molar refractivity (Wildman–Crippen MR) is 95.3 cm³/mol. The van der Waals surface area contributed by atoms with Crippen LogP contribution in [0.15, 0.2) is 52.5 Å². The van der Waals surface area contributed by atoms with E-state index in [2.05, 4.69) is 15.3 Å². The zero-order valence-electron chi connectivity index (χ0n) is 13.6. The molecule has 0 radical (unpaired) electrons. The normalized spacial score (nSPS) is 11.1. The first-order valence-electron chi connectivity index (χ1n) is 7.88. The van der Waals surface area contributed by atoms with E-state index in [0.717, 1.165) is 16.2 Å². The molecule has 0 fully saturated rings. The van der Waals surface area contributed by atoms with Crippen LogP contribution < -0.4 is 5.32 Å². The van der Waals surface area contributed by atoms with Gasteiger partial charge < -0.3 is 14.1 Å². The minimum Gasteiger partial charge on any atom is -0.440 e. The summed E-state index contributed by atoms with van der Waals surface area (Å²) >= 11 is 1.56. The fourth-order valence-electron chi connectivity index (χ4n) is 2.57. The molecule has 1 N–H and O–H groups in total. The van der Waals surface area contributed by atoms with Crippen molar-refractivity contribution in [1.82, 2.24) is 19.7 Å². The second-order valence-electron chi connectivity index (χ2n) is 5.65. The Labute approximate surface area is 148 Å². The molecule has 4 rings (SSSR count). The molecule has 0 atom stereocenters. The first-order valence-corrected chi connectivity index (χ1v) is 8.76. The number of imidazole rings is 1.